The number of nitrogens with zero attached hydrogens (tertiary/aromatic N) is 2. The summed E-state index contributed by atoms with van der Waals surface area (Å²) in [5.41, 5.74) is 0.400. The van der Waals surface area contributed by atoms with E-state index in [9.17, 15) is 29.3 Å². The van der Waals surface area contributed by atoms with Gasteiger partial charge in [-0.15, -0.1) is 0 Å². The van der Waals surface area contributed by atoms with Crippen molar-refractivity contribution in [2.75, 3.05) is 16.8 Å². The van der Waals surface area contributed by atoms with Crippen molar-refractivity contribution in [1.29, 1.82) is 0 Å². The smallest absolute Gasteiger partial charge is 0.335 e. The highest BCUT2D eigenvalue weighted by Crippen LogP contribution is 2.26. The molecule has 3 aromatic carbocycles. The lowest BCUT2D eigenvalue weighted by atomic mass is 10.1. The van der Waals surface area contributed by atoms with Crippen LogP contribution in [-0.2, 0) is 14.4 Å². The zero-order valence-electron chi connectivity index (χ0n) is 19.1. The number of nitrogens with one attached hydrogen (secondary N) is 2. The summed E-state index contributed by atoms with van der Waals surface area (Å²) in [4.78, 5) is 60.7. The molecule has 1 aliphatic heterocycles. The molecule has 1 saturated heterocycles. The maximum atomic E-state index is 13.0. The van der Waals surface area contributed by atoms with Crippen LogP contribution in [0.25, 0.3) is 6.08 Å². The van der Waals surface area contributed by atoms with Crippen LogP contribution in [-0.4, -0.2) is 35.3 Å². The van der Waals surface area contributed by atoms with E-state index in [1.807, 2.05) is 0 Å². The Bertz CT molecular complexity index is 1490. The zero-order valence-corrected chi connectivity index (χ0v) is 20.7. The minimum absolute atomic E-state index is 0.0550. The standard InChI is InChI=1S/C25H16Cl2N4O7/c26-20-10-3-15(12-21(20)27)28-22(32)13-38-18-8-1-14(2-9-18)11-19-23(33)29-25(35)30(24(19)34)16-4-6-17(7-5-16)31(36)37/h1-12H,13H2,(H,28,32)(H,29,33,35)/b19-11-. The van der Waals surface area contributed by atoms with Crippen LogP contribution in [0.3, 0.4) is 0 Å². The van der Waals surface area contributed by atoms with Gasteiger partial charge in [0, 0.05) is 17.8 Å². The first-order valence-corrected chi connectivity index (χ1v) is 11.5. The molecule has 0 aromatic heterocycles. The van der Waals surface area contributed by atoms with E-state index in [-0.39, 0.29) is 23.6 Å². The number of urea groups is 1. The molecule has 1 heterocycles. The Morgan fingerprint density at radius 2 is 1.68 bits per heavy atom. The molecule has 2 N–H and O–H groups in total. The summed E-state index contributed by atoms with van der Waals surface area (Å²) >= 11 is 11.8. The molecule has 1 aliphatic rings. The van der Waals surface area contributed by atoms with Crippen LogP contribution in [0.5, 0.6) is 5.75 Å². The molecule has 0 saturated carbocycles. The Balaban J connectivity index is 1.43. The minimum Gasteiger partial charge on any atom is -0.484 e. The van der Waals surface area contributed by atoms with Gasteiger partial charge in [0.1, 0.15) is 11.3 Å². The third kappa shape index (κ3) is 5.97. The molecule has 13 heteroatoms. The van der Waals surface area contributed by atoms with Gasteiger partial charge in [-0.25, -0.2) is 9.69 Å². The quantitative estimate of drug-likeness (QED) is 0.188. The van der Waals surface area contributed by atoms with Gasteiger partial charge in [0.15, 0.2) is 6.61 Å². The number of hydrogen-bond acceptors (Lipinski definition) is 7. The van der Waals surface area contributed by atoms with Crippen LogP contribution in [0.15, 0.2) is 72.3 Å². The summed E-state index contributed by atoms with van der Waals surface area (Å²) in [7, 11) is 0. The van der Waals surface area contributed by atoms with E-state index in [1.165, 1.54) is 36.4 Å². The Hall–Kier alpha value is -4.74. The molecule has 0 bridgehead atoms. The fourth-order valence-electron chi connectivity index (χ4n) is 3.36. The molecule has 5 amide bonds. The van der Waals surface area contributed by atoms with Crippen molar-refractivity contribution in [2.45, 2.75) is 0 Å². The maximum Gasteiger partial charge on any atom is 0.335 e. The van der Waals surface area contributed by atoms with Gasteiger partial charge >= 0.3 is 6.03 Å². The molecular formula is C25H16Cl2N4O7. The van der Waals surface area contributed by atoms with Crippen molar-refractivity contribution < 1.29 is 28.8 Å². The topological polar surface area (TPSA) is 148 Å². The number of carbonyl (C=O) groups is 4. The lowest BCUT2D eigenvalue weighted by Gasteiger charge is -2.26. The Morgan fingerprint density at radius 1 is 1.00 bits per heavy atom. The normalized spacial score (nSPS) is 14.3. The summed E-state index contributed by atoms with van der Waals surface area (Å²) in [6, 6.07) is 14.6. The predicted molar refractivity (Wildman–Crippen MR) is 139 cm³/mol. The number of hydrogen-bond donors (Lipinski definition) is 2. The van der Waals surface area contributed by atoms with Crippen molar-refractivity contribution in [2.24, 2.45) is 0 Å². The van der Waals surface area contributed by atoms with Crippen molar-refractivity contribution in [3.8, 4) is 5.75 Å². The molecule has 1 fully saturated rings. The average Bonchev–Trinajstić information content (AvgIpc) is 2.88. The Kier molecular flexibility index (Phi) is 7.70. The van der Waals surface area contributed by atoms with Crippen LogP contribution in [0.1, 0.15) is 5.56 Å². The summed E-state index contributed by atoms with van der Waals surface area (Å²) in [6.07, 6.45) is 1.28. The highest BCUT2D eigenvalue weighted by atomic mass is 35.5. The van der Waals surface area contributed by atoms with Crippen molar-refractivity contribution in [1.82, 2.24) is 5.32 Å². The molecule has 192 valence electrons. The number of imide groups is 2. The number of nitro benzene ring substituents is 1. The molecule has 11 nitrogen and oxygen atoms in total. The zero-order chi connectivity index (χ0) is 27.4. The average molecular weight is 555 g/mol. The number of ether oxygens (including phenoxy) is 1. The fraction of sp³-hybridized carbons (Fsp3) is 0.0400. The number of anilines is 2. The van der Waals surface area contributed by atoms with E-state index >= 15 is 0 Å². The van der Waals surface area contributed by atoms with Crippen molar-refractivity contribution >= 4 is 70.1 Å². The van der Waals surface area contributed by atoms with Gasteiger partial charge < -0.3 is 10.1 Å². The first-order valence-electron chi connectivity index (χ1n) is 10.8. The second-order valence-corrected chi connectivity index (χ2v) is 8.58. The molecule has 0 aliphatic carbocycles. The maximum absolute atomic E-state index is 13.0. The highest BCUT2D eigenvalue weighted by molar-refractivity contribution is 6.42. The molecule has 38 heavy (non-hydrogen) atoms. The Morgan fingerprint density at radius 3 is 2.32 bits per heavy atom. The minimum atomic E-state index is -0.978. The van der Waals surface area contributed by atoms with Gasteiger partial charge in [-0.1, -0.05) is 35.3 Å². The lowest BCUT2D eigenvalue weighted by Crippen LogP contribution is -2.54. The van der Waals surface area contributed by atoms with Crippen molar-refractivity contribution in [3.63, 3.8) is 0 Å². The van der Waals surface area contributed by atoms with E-state index in [4.69, 9.17) is 27.9 Å². The fourth-order valence-corrected chi connectivity index (χ4v) is 3.66. The summed E-state index contributed by atoms with van der Waals surface area (Å²) in [5, 5.41) is 16.2. The number of rotatable bonds is 7. The number of amides is 5. The van der Waals surface area contributed by atoms with E-state index in [1.54, 1.807) is 24.3 Å². The first-order chi connectivity index (χ1) is 18.1. The van der Waals surface area contributed by atoms with Crippen LogP contribution in [0, 0.1) is 10.1 Å². The van der Waals surface area contributed by atoms with Crippen LogP contribution >= 0.6 is 23.2 Å². The van der Waals surface area contributed by atoms with Crippen LogP contribution in [0.2, 0.25) is 10.0 Å². The lowest BCUT2D eigenvalue weighted by molar-refractivity contribution is -0.384. The molecule has 3 aromatic rings. The molecular weight excluding hydrogens is 539 g/mol. The SMILES string of the molecule is O=C(COc1ccc(/C=C2/C(=O)NC(=O)N(c3ccc([N+](=O)[O-])cc3)C2=O)cc1)Nc1ccc(Cl)c(Cl)c1. The van der Waals surface area contributed by atoms with E-state index < -0.39 is 28.7 Å². The predicted octanol–water partition coefficient (Wildman–Crippen LogP) is 4.59. The van der Waals surface area contributed by atoms with Gasteiger partial charge in [-0.3, -0.25) is 29.8 Å². The van der Waals surface area contributed by atoms with E-state index in [2.05, 4.69) is 10.6 Å². The van der Waals surface area contributed by atoms with Gasteiger partial charge in [0.05, 0.1) is 20.7 Å². The van der Waals surface area contributed by atoms with E-state index in [0.717, 1.165) is 12.1 Å². The van der Waals surface area contributed by atoms with Crippen LogP contribution < -0.4 is 20.3 Å². The number of carbonyl (C=O) groups excluding carboxylic acids is 4. The van der Waals surface area contributed by atoms with Crippen LogP contribution in [0.4, 0.5) is 21.9 Å². The number of non-ortho nitro benzene ring substituents is 1. The molecule has 0 radical (unpaired) electrons. The third-order valence-corrected chi connectivity index (χ3v) is 5.92. The largest absolute Gasteiger partial charge is 0.484 e. The van der Waals surface area contributed by atoms with Crippen molar-refractivity contribution in [3.05, 3.63) is 98.0 Å². The van der Waals surface area contributed by atoms with Gasteiger partial charge in [0.25, 0.3) is 23.4 Å². The summed E-state index contributed by atoms with van der Waals surface area (Å²) in [6.45, 7) is -0.298. The number of halogens is 2. The summed E-state index contributed by atoms with van der Waals surface area (Å²) in [5.74, 6) is -1.88. The van der Waals surface area contributed by atoms with Gasteiger partial charge in [0.2, 0.25) is 0 Å². The van der Waals surface area contributed by atoms with E-state index in [0.29, 0.717) is 31.9 Å². The molecule has 0 atom stereocenters. The highest BCUT2D eigenvalue weighted by Gasteiger charge is 2.37. The summed E-state index contributed by atoms with van der Waals surface area (Å²) < 4.78 is 5.46. The number of barbiturate groups is 1. The van der Waals surface area contributed by atoms with Gasteiger partial charge in [-0.2, -0.15) is 0 Å². The first kappa shape index (κ1) is 26.3. The third-order valence-electron chi connectivity index (χ3n) is 5.18. The monoisotopic (exact) mass is 554 g/mol. The molecule has 0 unspecified atom stereocenters. The van der Waals surface area contributed by atoms with Gasteiger partial charge in [-0.05, 0) is 54.1 Å². The Labute approximate surface area is 224 Å². The molecule has 0 spiro atoms. The number of nitro groups is 1. The number of benzene rings is 3. The molecule has 4 rings (SSSR count). The second-order valence-electron chi connectivity index (χ2n) is 7.77. The second kappa shape index (κ2) is 11.1.